The standard InChI is InChI=1S/C16H13ClN4O2S/c1-9(22)11-4-2-3-5-12(11)19-14(23)8-24-16-20-13-6-10(17)7-18-15(13)21-16/h2-7H,8H2,1H3,(H,19,23)(H,18,20,21). The van der Waals surface area contributed by atoms with Crippen molar-refractivity contribution in [2.75, 3.05) is 11.1 Å². The van der Waals surface area contributed by atoms with E-state index < -0.39 is 0 Å². The Balaban J connectivity index is 1.66. The number of para-hydroxylation sites is 1. The van der Waals surface area contributed by atoms with Crippen LogP contribution in [0, 0.1) is 0 Å². The number of Topliss-reactive ketones (excluding diaryl/α,β-unsaturated/α-hetero) is 1. The fraction of sp³-hybridized carbons (Fsp3) is 0.125. The van der Waals surface area contributed by atoms with Crippen molar-refractivity contribution in [2.45, 2.75) is 12.1 Å². The number of pyridine rings is 1. The number of benzene rings is 1. The van der Waals surface area contributed by atoms with Gasteiger partial charge in [-0.2, -0.15) is 0 Å². The number of fused-ring (bicyclic) bond motifs is 1. The van der Waals surface area contributed by atoms with Gasteiger partial charge in [0.1, 0.15) is 0 Å². The lowest BCUT2D eigenvalue weighted by Crippen LogP contribution is -2.16. The largest absolute Gasteiger partial charge is 0.331 e. The zero-order chi connectivity index (χ0) is 17.1. The molecule has 3 aromatic rings. The Bertz CT molecular complexity index is 925. The minimum absolute atomic E-state index is 0.0983. The van der Waals surface area contributed by atoms with Gasteiger partial charge in [0.05, 0.1) is 22.0 Å². The minimum Gasteiger partial charge on any atom is -0.331 e. The summed E-state index contributed by atoms with van der Waals surface area (Å²) in [6.45, 7) is 1.46. The SMILES string of the molecule is CC(=O)c1ccccc1NC(=O)CSc1nc2ncc(Cl)cc2[nH]1. The van der Waals surface area contributed by atoms with Gasteiger partial charge in [-0.1, -0.05) is 35.5 Å². The first kappa shape index (κ1) is 16.5. The van der Waals surface area contributed by atoms with E-state index in [1.807, 2.05) is 0 Å². The molecular formula is C16H13ClN4O2S. The molecule has 2 heterocycles. The van der Waals surface area contributed by atoms with E-state index >= 15 is 0 Å². The molecule has 2 N–H and O–H groups in total. The number of imidazole rings is 1. The molecule has 24 heavy (non-hydrogen) atoms. The molecule has 0 saturated heterocycles. The first-order valence-corrected chi connectivity index (χ1v) is 8.43. The molecule has 0 aliphatic heterocycles. The lowest BCUT2D eigenvalue weighted by atomic mass is 10.1. The van der Waals surface area contributed by atoms with E-state index in [1.54, 1.807) is 30.3 Å². The van der Waals surface area contributed by atoms with Crippen molar-refractivity contribution in [2.24, 2.45) is 0 Å². The summed E-state index contributed by atoms with van der Waals surface area (Å²) in [5, 5.41) is 3.84. The number of nitrogens with one attached hydrogen (secondary N) is 2. The van der Waals surface area contributed by atoms with E-state index in [9.17, 15) is 9.59 Å². The van der Waals surface area contributed by atoms with Gasteiger partial charge in [0, 0.05) is 11.8 Å². The van der Waals surface area contributed by atoms with Crippen LogP contribution in [0.2, 0.25) is 5.02 Å². The third kappa shape index (κ3) is 3.74. The second-order valence-corrected chi connectivity index (χ2v) is 6.41. The Morgan fingerprint density at radius 2 is 2.12 bits per heavy atom. The lowest BCUT2D eigenvalue weighted by Gasteiger charge is -2.08. The molecule has 0 radical (unpaired) electrons. The Morgan fingerprint density at radius 1 is 1.33 bits per heavy atom. The fourth-order valence-electron chi connectivity index (χ4n) is 2.14. The summed E-state index contributed by atoms with van der Waals surface area (Å²) in [5.74, 6) is -0.168. The van der Waals surface area contributed by atoms with E-state index in [-0.39, 0.29) is 17.4 Å². The highest BCUT2D eigenvalue weighted by atomic mass is 35.5. The molecule has 0 bridgehead atoms. The number of aromatic nitrogens is 3. The first-order valence-electron chi connectivity index (χ1n) is 7.07. The Hall–Kier alpha value is -2.38. The number of carbonyl (C=O) groups is 2. The fourth-order valence-corrected chi connectivity index (χ4v) is 2.97. The normalized spacial score (nSPS) is 10.8. The second kappa shape index (κ2) is 7.02. The van der Waals surface area contributed by atoms with Crippen molar-refractivity contribution in [1.29, 1.82) is 0 Å². The Kier molecular flexibility index (Phi) is 4.82. The number of hydrogen-bond acceptors (Lipinski definition) is 5. The maximum Gasteiger partial charge on any atom is 0.234 e. The average molecular weight is 361 g/mol. The van der Waals surface area contributed by atoms with Crippen molar-refractivity contribution in [3.05, 3.63) is 47.1 Å². The molecule has 0 aliphatic carbocycles. The number of H-pyrrole nitrogens is 1. The summed E-state index contributed by atoms with van der Waals surface area (Å²) < 4.78 is 0. The maximum atomic E-state index is 12.1. The number of rotatable bonds is 5. The van der Waals surface area contributed by atoms with Gasteiger partial charge in [0.15, 0.2) is 16.6 Å². The number of thioether (sulfide) groups is 1. The number of anilines is 1. The number of nitrogens with zero attached hydrogens (tertiary/aromatic N) is 2. The highest BCUT2D eigenvalue weighted by Gasteiger charge is 2.11. The average Bonchev–Trinajstić information content (AvgIpc) is 2.95. The molecule has 122 valence electrons. The molecule has 0 saturated carbocycles. The first-order chi connectivity index (χ1) is 11.5. The predicted octanol–water partition coefficient (Wildman–Crippen LogP) is 3.54. The lowest BCUT2D eigenvalue weighted by molar-refractivity contribution is -0.113. The number of amides is 1. The summed E-state index contributed by atoms with van der Waals surface area (Å²) >= 11 is 7.12. The van der Waals surface area contributed by atoms with Gasteiger partial charge in [-0.25, -0.2) is 9.97 Å². The third-order valence-electron chi connectivity index (χ3n) is 3.20. The molecule has 0 fully saturated rings. The van der Waals surface area contributed by atoms with Gasteiger partial charge >= 0.3 is 0 Å². The smallest absolute Gasteiger partial charge is 0.234 e. The molecule has 0 atom stereocenters. The zero-order valence-corrected chi connectivity index (χ0v) is 14.2. The van der Waals surface area contributed by atoms with Crippen molar-refractivity contribution in [1.82, 2.24) is 15.0 Å². The summed E-state index contributed by atoms with van der Waals surface area (Å²) in [7, 11) is 0. The predicted molar refractivity (Wildman–Crippen MR) is 94.7 cm³/mol. The van der Waals surface area contributed by atoms with Gasteiger partial charge in [0.25, 0.3) is 0 Å². The highest BCUT2D eigenvalue weighted by Crippen LogP contribution is 2.21. The van der Waals surface area contributed by atoms with Crippen LogP contribution in [-0.4, -0.2) is 32.4 Å². The van der Waals surface area contributed by atoms with Crippen molar-refractivity contribution < 1.29 is 9.59 Å². The summed E-state index contributed by atoms with van der Waals surface area (Å²) in [5.41, 5.74) is 2.25. The monoisotopic (exact) mass is 360 g/mol. The molecule has 1 amide bonds. The second-order valence-electron chi connectivity index (χ2n) is 5.01. The molecule has 0 aliphatic rings. The van der Waals surface area contributed by atoms with Crippen LogP contribution in [0.1, 0.15) is 17.3 Å². The molecular weight excluding hydrogens is 348 g/mol. The zero-order valence-electron chi connectivity index (χ0n) is 12.7. The molecule has 0 spiro atoms. The molecule has 1 aromatic carbocycles. The Labute approximate surface area is 147 Å². The molecule has 3 rings (SSSR count). The van der Waals surface area contributed by atoms with Crippen LogP contribution >= 0.6 is 23.4 Å². The van der Waals surface area contributed by atoms with Crippen LogP contribution in [-0.2, 0) is 4.79 Å². The van der Waals surface area contributed by atoms with Crippen molar-refractivity contribution in [3.8, 4) is 0 Å². The quantitative estimate of drug-likeness (QED) is 0.536. The van der Waals surface area contributed by atoms with Crippen LogP contribution in [0.3, 0.4) is 0 Å². The summed E-state index contributed by atoms with van der Waals surface area (Å²) in [6, 6.07) is 8.63. The van der Waals surface area contributed by atoms with Crippen LogP contribution in [0.4, 0.5) is 5.69 Å². The van der Waals surface area contributed by atoms with Crippen molar-refractivity contribution in [3.63, 3.8) is 0 Å². The van der Waals surface area contributed by atoms with Gasteiger partial charge < -0.3 is 10.3 Å². The van der Waals surface area contributed by atoms with Gasteiger partial charge in [-0.3, -0.25) is 9.59 Å². The van der Waals surface area contributed by atoms with E-state index in [0.717, 1.165) is 0 Å². The third-order valence-corrected chi connectivity index (χ3v) is 4.28. The van der Waals surface area contributed by atoms with E-state index in [4.69, 9.17) is 11.6 Å². The summed E-state index contributed by atoms with van der Waals surface area (Å²) in [4.78, 5) is 35.1. The van der Waals surface area contributed by atoms with E-state index in [0.29, 0.717) is 32.6 Å². The number of carbonyl (C=O) groups excluding carboxylic acids is 2. The van der Waals surface area contributed by atoms with Crippen molar-refractivity contribution >= 4 is 51.9 Å². The van der Waals surface area contributed by atoms with E-state index in [1.165, 1.54) is 24.9 Å². The number of aromatic amines is 1. The highest BCUT2D eigenvalue weighted by molar-refractivity contribution is 7.99. The minimum atomic E-state index is -0.222. The van der Waals surface area contributed by atoms with Crippen LogP contribution in [0.25, 0.3) is 11.2 Å². The van der Waals surface area contributed by atoms with Gasteiger partial charge in [-0.05, 0) is 25.1 Å². The number of halogens is 1. The van der Waals surface area contributed by atoms with Crippen LogP contribution < -0.4 is 5.32 Å². The number of ketones is 1. The molecule has 8 heteroatoms. The van der Waals surface area contributed by atoms with Crippen LogP contribution in [0.5, 0.6) is 0 Å². The van der Waals surface area contributed by atoms with E-state index in [2.05, 4.69) is 20.3 Å². The summed E-state index contributed by atoms with van der Waals surface area (Å²) in [6.07, 6.45) is 1.52. The van der Waals surface area contributed by atoms with Gasteiger partial charge in [-0.15, -0.1) is 0 Å². The molecule has 0 unspecified atom stereocenters. The topological polar surface area (TPSA) is 87.7 Å². The number of hydrogen-bond donors (Lipinski definition) is 2. The van der Waals surface area contributed by atoms with Gasteiger partial charge in [0.2, 0.25) is 5.91 Å². The van der Waals surface area contributed by atoms with Crippen LogP contribution in [0.15, 0.2) is 41.7 Å². The molecule has 2 aromatic heterocycles. The maximum absolute atomic E-state index is 12.1. The Morgan fingerprint density at radius 3 is 2.92 bits per heavy atom. The molecule has 6 nitrogen and oxygen atoms in total.